The zero-order valence-electron chi connectivity index (χ0n) is 20.0. The molecule has 1 aromatic rings. The van der Waals surface area contributed by atoms with Crippen molar-refractivity contribution in [1.82, 2.24) is 9.88 Å². The number of nitrogens with zero attached hydrogens (tertiary/aromatic N) is 3. The van der Waals surface area contributed by atoms with Crippen LogP contribution in [-0.2, 0) is 16.0 Å². The molecule has 2 unspecified atom stereocenters. The summed E-state index contributed by atoms with van der Waals surface area (Å²) in [6, 6.07) is 4.10. The molecule has 0 aliphatic carbocycles. The summed E-state index contributed by atoms with van der Waals surface area (Å²) in [6.45, 7) is 10.4. The molecule has 0 N–H and O–H groups in total. The second kappa shape index (κ2) is 11.7. The summed E-state index contributed by atoms with van der Waals surface area (Å²) >= 11 is 0. The Bertz CT molecular complexity index is 718. The maximum atomic E-state index is 6.60. The van der Waals surface area contributed by atoms with Crippen molar-refractivity contribution in [1.29, 1.82) is 0 Å². The number of unbranched alkanes of at least 4 members (excludes halogenated alkanes) is 1. The van der Waals surface area contributed by atoms with E-state index in [1.807, 2.05) is 6.07 Å². The topological polar surface area (TPSA) is 56.2 Å². The molecule has 2 aliphatic rings. The van der Waals surface area contributed by atoms with Gasteiger partial charge in [0.2, 0.25) is 11.8 Å². The first-order valence-electron chi connectivity index (χ1n) is 12.2. The van der Waals surface area contributed by atoms with Gasteiger partial charge in [0.05, 0.1) is 12.5 Å². The van der Waals surface area contributed by atoms with Gasteiger partial charge in [0, 0.05) is 18.3 Å². The number of hydrogen-bond acceptors (Lipinski definition) is 6. The van der Waals surface area contributed by atoms with Gasteiger partial charge in [-0.05, 0) is 57.7 Å². The molecular weight excluding hydrogens is 390 g/mol. The predicted octanol–water partition coefficient (Wildman–Crippen LogP) is 5.13. The van der Waals surface area contributed by atoms with Crippen molar-refractivity contribution >= 4 is 5.90 Å². The molecule has 0 radical (unpaired) electrons. The Morgan fingerprint density at radius 3 is 2.61 bits per heavy atom. The number of pyridine rings is 1. The fourth-order valence-corrected chi connectivity index (χ4v) is 4.95. The van der Waals surface area contributed by atoms with E-state index in [4.69, 9.17) is 14.3 Å². The molecule has 1 aromatic heterocycles. The van der Waals surface area contributed by atoms with Crippen LogP contribution in [0.25, 0.3) is 0 Å². The molecule has 0 amide bonds. The average Bonchev–Trinajstić information content (AvgIpc) is 2.79. The third-order valence-electron chi connectivity index (χ3n) is 6.70. The Kier molecular flexibility index (Phi) is 9.00. The van der Waals surface area contributed by atoms with Crippen LogP contribution in [0.2, 0.25) is 0 Å². The molecule has 0 spiro atoms. The first kappa shape index (κ1) is 23.8. The van der Waals surface area contributed by atoms with E-state index < -0.39 is 0 Å². The minimum absolute atomic E-state index is 0.0542. The van der Waals surface area contributed by atoms with Gasteiger partial charge >= 0.3 is 0 Å². The second-order valence-corrected chi connectivity index (χ2v) is 9.20. The van der Waals surface area contributed by atoms with Crippen molar-refractivity contribution in [2.75, 3.05) is 33.4 Å². The lowest BCUT2D eigenvalue weighted by Crippen LogP contribution is -2.46. The van der Waals surface area contributed by atoms with Gasteiger partial charge in [-0.15, -0.1) is 0 Å². The molecule has 6 nitrogen and oxygen atoms in total. The maximum absolute atomic E-state index is 6.60. The van der Waals surface area contributed by atoms with Crippen molar-refractivity contribution < 1.29 is 14.3 Å². The average molecular weight is 432 g/mol. The zero-order chi connectivity index (χ0) is 22.1. The molecule has 6 heteroatoms. The van der Waals surface area contributed by atoms with E-state index in [2.05, 4.69) is 41.9 Å². The van der Waals surface area contributed by atoms with E-state index in [0.717, 1.165) is 56.7 Å². The summed E-state index contributed by atoms with van der Waals surface area (Å²) in [5.74, 6) is 1.46. The van der Waals surface area contributed by atoms with E-state index in [1.54, 1.807) is 7.11 Å². The first-order chi connectivity index (χ1) is 15.1. The largest absolute Gasteiger partial charge is 0.481 e. The summed E-state index contributed by atoms with van der Waals surface area (Å²) in [4.78, 5) is 12.9. The standard InChI is InChI=1S/C25H41N3O3/c1-5-7-14-25(13-6-2,17-21-11-12-23(29-4)26-20(21)3)24-27-30-19-22(31-24)18-28-15-9-8-10-16-28/h11-12,22H,5-10,13-19H2,1-4H3. The van der Waals surface area contributed by atoms with E-state index >= 15 is 0 Å². The lowest BCUT2D eigenvalue weighted by atomic mass is 9.73. The van der Waals surface area contributed by atoms with E-state index in [0.29, 0.717) is 12.5 Å². The highest BCUT2D eigenvalue weighted by atomic mass is 16.7. The number of hydrogen-bond donors (Lipinski definition) is 0. The number of aromatic nitrogens is 1. The van der Waals surface area contributed by atoms with Crippen LogP contribution in [0.15, 0.2) is 17.3 Å². The molecule has 2 aliphatic heterocycles. The normalized spacial score (nSPS) is 21.5. The zero-order valence-corrected chi connectivity index (χ0v) is 20.0. The highest BCUT2D eigenvalue weighted by Crippen LogP contribution is 2.39. The van der Waals surface area contributed by atoms with Gasteiger partial charge in [-0.25, -0.2) is 4.98 Å². The van der Waals surface area contributed by atoms with E-state index in [9.17, 15) is 0 Å². The quantitative estimate of drug-likeness (QED) is 0.486. The fourth-order valence-electron chi connectivity index (χ4n) is 4.95. The van der Waals surface area contributed by atoms with Crippen LogP contribution in [0.5, 0.6) is 5.88 Å². The van der Waals surface area contributed by atoms with Crippen LogP contribution < -0.4 is 4.74 Å². The molecule has 0 aromatic carbocycles. The lowest BCUT2D eigenvalue weighted by molar-refractivity contribution is -0.0235. The Labute approximate surface area is 188 Å². The number of rotatable bonds is 11. The highest BCUT2D eigenvalue weighted by molar-refractivity contribution is 5.83. The Morgan fingerprint density at radius 2 is 1.94 bits per heavy atom. The summed E-state index contributed by atoms with van der Waals surface area (Å²) in [7, 11) is 1.66. The van der Waals surface area contributed by atoms with Crippen LogP contribution in [0.1, 0.15) is 76.5 Å². The maximum Gasteiger partial charge on any atom is 0.232 e. The van der Waals surface area contributed by atoms with Crippen LogP contribution in [-0.4, -0.2) is 55.2 Å². The molecular formula is C25H41N3O3. The van der Waals surface area contributed by atoms with Gasteiger partial charge in [-0.3, -0.25) is 4.90 Å². The van der Waals surface area contributed by atoms with Crippen molar-refractivity contribution in [3.05, 3.63) is 23.4 Å². The van der Waals surface area contributed by atoms with Crippen LogP contribution in [0.4, 0.5) is 0 Å². The summed E-state index contributed by atoms with van der Waals surface area (Å²) in [5.41, 5.74) is 2.08. The van der Waals surface area contributed by atoms with E-state index in [-0.39, 0.29) is 11.5 Å². The van der Waals surface area contributed by atoms with Crippen LogP contribution in [0, 0.1) is 12.3 Å². The molecule has 0 bridgehead atoms. The molecule has 1 saturated heterocycles. The molecule has 2 atom stereocenters. The number of likely N-dealkylation sites (tertiary alicyclic amines) is 1. The molecule has 0 saturated carbocycles. The van der Waals surface area contributed by atoms with Crippen LogP contribution in [0.3, 0.4) is 0 Å². The lowest BCUT2D eigenvalue weighted by Gasteiger charge is -2.39. The third-order valence-corrected chi connectivity index (χ3v) is 6.70. The Morgan fingerprint density at radius 1 is 1.13 bits per heavy atom. The van der Waals surface area contributed by atoms with Crippen molar-refractivity contribution in [3.63, 3.8) is 0 Å². The first-order valence-corrected chi connectivity index (χ1v) is 12.2. The molecule has 31 heavy (non-hydrogen) atoms. The smallest absolute Gasteiger partial charge is 0.232 e. The van der Waals surface area contributed by atoms with E-state index in [1.165, 1.54) is 37.9 Å². The Hall–Kier alpha value is -1.82. The SMILES string of the molecule is CCCCC(CCC)(Cc1ccc(OC)nc1C)C1=NOCC(CN2CCCCC2)O1. The minimum atomic E-state index is -0.160. The van der Waals surface area contributed by atoms with Crippen LogP contribution >= 0.6 is 0 Å². The minimum Gasteiger partial charge on any atom is -0.481 e. The van der Waals surface area contributed by atoms with Gasteiger partial charge in [0.15, 0.2) is 6.61 Å². The number of oxime groups is 1. The van der Waals surface area contributed by atoms with Gasteiger partial charge in [-0.2, -0.15) is 0 Å². The number of methoxy groups -OCH3 is 1. The summed E-state index contributed by atoms with van der Waals surface area (Å²) < 4.78 is 11.9. The number of piperidine rings is 1. The highest BCUT2D eigenvalue weighted by Gasteiger charge is 2.41. The fraction of sp³-hybridized carbons (Fsp3) is 0.760. The monoisotopic (exact) mass is 431 g/mol. The summed E-state index contributed by atoms with van der Waals surface area (Å²) in [6.07, 6.45) is 10.3. The molecule has 3 heterocycles. The third kappa shape index (κ3) is 6.34. The number of ether oxygens (including phenoxy) is 2. The molecule has 174 valence electrons. The van der Waals surface area contributed by atoms with Crippen molar-refractivity contribution in [2.45, 2.75) is 84.7 Å². The molecule has 3 rings (SSSR count). The summed E-state index contributed by atoms with van der Waals surface area (Å²) in [5, 5.41) is 4.51. The van der Waals surface area contributed by atoms with Gasteiger partial charge in [-0.1, -0.05) is 50.8 Å². The molecule has 1 fully saturated rings. The van der Waals surface area contributed by atoms with Gasteiger partial charge in [0.25, 0.3) is 0 Å². The van der Waals surface area contributed by atoms with Gasteiger partial charge < -0.3 is 14.3 Å². The Balaban J connectivity index is 1.81. The van der Waals surface area contributed by atoms with Crippen molar-refractivity contribution in [2.24, 2.45) is 10.6 Å². The second-order valence-electron chi connectivity index (χ2n) is 9.20. The van der Waals surface area contributed by atoms with Gasteiger partial charge in [0.1, 0.15) is 6.10 Å². The predicted molar refractivity (Wildman–Crippen MR) is 125 cm³/mol. The van der Waals surface area contributed by atoms with Crippen molar-refractivity contribution in [3.8, 4) is 5.88 Å². The number of aryl methyl sites for hydroxylation is 1.